The van der Waals surface area contributed by atoms with Gasteiger partial charge in [0.05, 0.1) is 0 Å². The molecule has 3 N–H and O–H groups in total. The number of nitrogens with zero attached hydrogens (tertiary/aromatic N) is 1. The van der Waals surface area contributed by atoms with Gasteiger partial charge in [0.1, 0.15) is 0 Å². The minimum atomic E-state index is -4.67. The zero-order chi connectivity index (χ0) is 8.08. The average Bonchev–Trinajstić information content (AvgIpc) is 1.19. The predicted octanol–water partition coefficient (Wildman–Crippen LogP) is -1.31. The van der Waals surface area contributed by atoms with Gasteiger partial charge in [0.25, 0.3) is 5.09 Å². The van der Waals surface area contributed by atoms with E-state index in [9.17, 15) is 0 Å². The summed E-state index contributed by atoms with van der Waals surface area (Å²) in [6.45, 7) is 0. The first-order valence-corrected chi connectivity index (χ1v) is 2.66. The first kappa shape index (κ1) is 22.6. The van der Waals surface area contributed by atoms with Crippen molar-refractivity contribution in [2.75, 3.05) is 0 Å². The molecule has 0 aliphatic heterocycles. The van der Waals surface area contributed by atoms with E-state index in [0.29, 0.717) is 0 Å². The van der Waals surface area contributed by atoms with Crippen molar-refractivity contribution in [3.63, 3.8) is 0 Å². The zero-order valence-corrected chi connectivity index (χ0v) is 8.89. The van der Waals surface area contributed by atoms with Gasteiger partial charge in [0, 0.05) is 0 Å². The molecule has 0 unspecified atom stereocenters. The Bertz CT molecular complexity index is 171. The molecule has 0 fully saturated rings. The van der Waals surface area contributed by atoms with E-state index in [2.05, 4.69) is 0 Å². The van der Waals surface area contributed by atoms with Gasteiger partial charge < -0.3 is 10.9 Å². The fourth-order valence-corrected chi connectivity index (χ4v) is 0. The Morgan fingerprint density at radius 1 is 1.27 bits per heavy atom. The maximum atomic E-state index is 8.74. The third-order valence-corrected chi connectivity index (χ3v) is 0. The molecule has 0 aliphatic carbocycles. The topological polar surface area (TPSA) is 138 Å². The van der Waals surface area contributed by atoms with Crippen LogP contribution in [0.3, 0.4) is 0 Å². The van der Waals surface area contributed by atoms with Crippen LogP contribution < -0.4 is 0 Å². The number of hydrogen-bond donors (Lipinski definition) is 3. The summed E-state index contributed by atoms with van der Waals surface area (Å²) < 4.78 is 31.6. The SMILES string of the molecule is O=S(=O)(O)O.O=[N+]([O-])O.[H-].[H-].[H-].[H-].[Mg+2].[Mg+2]. The van der Waals surface area contributed by atoms with Crippen LogP contribution in [-0.2, 0) is 10.4 Å². The van der Waals surface area contributed by atoms with Gasteiger partial charge in [-0.2, -0.15) is 8.42 Å². The van der Waals surface area contributed by atoms with Crippen molar-refractivity contribution in [3.05, 3.63) is 10.1 Å². The summed E-state index contributed by atoms with van der Waals surface area (Å²) in [5.41, 5.74) is 0. The molecule has 0 aromatic rings. The van der Waals surface area contributed by atoms with Crippen molar-refractivity contribution >= 4 is 56.5 Å². The van der Waals surface area contributed by atoms with Gasteiger partial charge in [-0.15, -0.1) is 10.1 Å². The summed E-state index contributed by atoms with van der Waals surface area (Å²) in [7, 11) is -4.67. The van der Waals surface area contributed by atoms with E-state index in [1.54, 1.807) is 0 Å². The second-order valence-corrected chi connectivity index (χ2v) is 1.58. The fourth-order valence-electron chi connectivity index (χ4n) is 0. The van der Waals surface area contributed by atoms with Crippen LogP contribution in [0.2, 0.25) is 0 Å². The van der Waals surface area contributed by atoms with Crippen molar-refractivity contribution in [1.29, 1.82) is 0 Å². The smallest absolute Gasteiger partial charge is 1.00 e. The molecule has 0 aliphatic rings. The summed E-state index contributed by atoms with van der Waals surface area (Å²) in [5.74, 6) is 0. The standard InChI is InChI=1S/2Mg.HNO3.H2O4S.4H/c;;2-1(3)4;1-5(2,3)4;;;;/h;;(H,2,3,4);(H2,1,2,3,4);;;;/q2*+2;;;4*-1. The molecule has 0 saturated heterocycles. The van der Waals surface area contributed by atoms with Crippen LogP contribution in [0, 0.1) is 10.1 Å². The molecule has 0 aromatic heterocycles. The summed E-state index contributed by atoms with van der Waals surface area (Å²) in [5, 5.41) is 13.6. The molecule has 0 rings (SSSR count). The van der Waals surface area contributed by atoms with E-state index in [-0.39, 0.29) is 51.8 Å². The molecule has 11 heteroatoms. The minimum absolute atomic E-state index is 0. The van der Waals surface area contributed by atoms with E-state index in [1.807, 2.05) is 0 Å². The Morgan fingerprint density at radius 2 is 1.27 bits per heavy atom. The molecule has 8 nitrogen and oxygen atoms in total. The van der Waals surface area contributed by atoms with E-state index < -0.39 is 15.5 Å². The van der Waals surface area contributed by atoms with E-state index >= 15 is 0 Å². The van der Waals surface area contributed by atoms with Gasteiger partial charge in [-0.3, -0.25) is 9.11 Å². The summed E-state index contributed by atoms with van der Waals surface area (Å²) in [4.78, 5) is 8.36. The molecular weight excluding hydrogens is 207 g/mol. The van der Waals surface area contributed by atoms with Crippen molar-refractivity contribution in [2.24, 2.45) is 0 Å². The van der Waals surface area contributed by atoms with Gasteiger partial charge in [-0.25, -0.2) is 0 Å². The number of hydrogen-bond acceptors (Lipinski definition) is 4. The van der Waals surface area contributed by atoms with Crippen LogP contribution >= 0.6 is 0 Å². The third kappa shape index (κ3) is 2160. The molecular formula is H7Mg2NO7S. The fraction of sp³-hybridized carbons (Fsp3) is 0. The predicted molar refractivity (Wildman–Crippen MR) is 38.9 cm³/mol. The Morgan fingerprint density at radius 3 is 1.27 bits per heavy atom. The van der Waals surface area contributed by atoms with Crippen molar-refractivity contribution < 1.29 is 33.5 Å². The summed E-state index contributed by atoms with van der Waals surface area (Å²) in [6.07, 6.45) is 0. The third-order valence-electron chi connectivity index (χ3n) is 0. The second-order valence-electron chi connectivity index (χ2n) is 0.686. The molecule has 0 bridgehead atoms. The first-order chi connectivity index (χ1) is 3.73. The van der Waals surface area contributed by atoms with Gasteiger partial charge in [0.2, 0.25) is 0 Å². The average molecular weight is 214 g/mol. The normalized spacial score (nSPS) is 7.45. The molecule has 0 radical (unpaired) electrons. The van der Waals surface area contributed by atoms with Crippen molar-refractivity contribution in [2.45, 2.75) is 0 Å². The van der Waals surface area contributed by atoms with Crippen LogP contribution in [0.4, 0.5) is 0 Å². The van der Waals surface area contributed by atoms with E-state index in [0.717, 1.165) is 0 Å². The maximum Gasteiger partial charge on any atom is 2.00 e. The van der Waals surface area contributed by atoms with Crippen LogP contribution in [-0.4, -0.2) is 73.9 Å². The number of rotatable bonds is 0. The molecule has 0 spiro atoms. The van der Waals surface area contributed by atoms with Crippen LogP contribution in [0.5, 0.6) is 0 Å². The summed E-state index contributed by atoms with van der Waals surface area (Å²) >= 11 is 0. The van der Waals surface area contributed by atoms with Crippen molar-refractivity contribution in [1.82, 2.24) is 0 Å². The van der Waals surface area contributed by atoms with Gasteiger partial charge in [-0.1, -0.05) is 0 Å². The molecule has 64 valence electrons. The monoisotopic (exact) mass is 213 g/mol. The Hall–Kier alpha value is 0.602. The summed E-state index contributed by atoms with van der Waals surface area (Å²) in [6, 6.07) is 0. The Kier molecular flexibility index (Phi) is 21.8. The Balaban J connectivity index is -0.00000000785. The van der Waals surface area contributed by atoms with Crippen LogP contribution in [0.25, 0.3) is 0 Å². The molecule has 0 amide bonds. The van der Waals surface area contributed by atoms with Crippen molar-refractivity contribution in [3.8, 4) is 0 Å². The van der Waals surface area contributed by atoms with Gasteiger partial charge in [0.15, 0.2) is 0 Å². The maximum absolute atomic E-state index is 8.74. The minimum Gasteiger partial charge on any atom is -1.00 e. The molecule has 0 atom stereocenters. The van der Waals surface area contributed by atoms with Gasteiger partial charge in [-0.05, 0) is 0 Å². The molecule has 0 heterocycles. The van der Waals surface area contributed by atoms with Gasteiger partial charge >= 0.3 is 56.5 Å². The molecule has 0 saturated carbocycles. The van der Waals surface area contributed by atoms with E-state index in [1.165, 1.54) is 0 Å². The van der Waals surface area contributed by atoms with E-state index in [4.69, 9.17) is 32.8 Å². The molecule has 11 heavy (non-hydrogen) atoms. The van der Waals surface area contributed by atoms with Crippen LogP contribution in [0.15, 0.2) is 0 Å². The first-order valence-electron chi connectivity index (χ1n) is 1.26. The largest absolute Gasteiger partial charge is 2.00 e. The van der Waals surface area contributed by atoms with Crippen LogP contribution in [0.1, 0.15) is 5.71 Å². The zero-order valence-electron chi connectivity index (χ0n) is 9.24. The second kappa shape index (κ2) is 10.6. The molecule has 0 aromatic carbocycles. The quantitative estimate of drug-likeness (QED) is 0.197. The Labute approximate surface area is 99.9 Å².